The molecule has 0 atom stereocenters. The maximum atomic E-state index is 6.16. The molecule has 0 N–H and O–H groups in total. The van der Waals surface area contributed by atoms with Gasteiger partial charge in [0.1, 0.15) is 0 Å². The largest absolute Gasteiger partial charge is 0.500 e. The lowest BCUT2D eigenvalue weighted by atomic mass is 10.1. The van der Waals surface area contributed by atoms with E-state index in [2.05, 4.69) is 53.7 Å². The minimum Gasteiger partial charge on any atom is -0.500 e. The number of rotatable bonds is 10. The molecule has 0 aliphatic heterocycles. The van der Waals surface area contributed by atoms with E-state index in [9.17, 15) is 0 Å². The average Bonchev–Trinajstić information content (AvgIpc) is 2.20. The second kappa shape index (κ2) is 11.1. The van der Waals surface area contributed by atoms with Crippen molar-refractivity contribution in [3.05, 3.63) is 12.2 Å². The third-order valence-electron chi connectivity index (χ3n) is 2.88. The fraction of sp³-hybridized carbons (Fsp3) is 0.875. The molecule has 0 saturated heterocycles. The van der Waals surface area contributed by atoms with Crippen LogP contribution >= 0.6 is 0 Å². The Morgan fingerprint density at radius 3 is 1.83 bits per heavy atom. The molecule has 0 aromatic heterocycles. The summed E-state index contributed by atoms with van der Waals surface area (Å²) in [6.07, 6.45) is 6.87. The maximum absolute atomic E-state index is 6.16. The van der Waals surface area contributed by atoms with Crippen LogP contribution in [0.2, 0.25) is 10.6 Å². The van der Waals surface area contributed by atoms with Gasteiger partial charge in [0.15, 0.2) is 0 Å². The summed E-state index contributed by atoms with van der Waals surface area (Å²) in [5.41, 5.74) is 0. The molecule has 2 heteroatoms. The van der Waals surface area contributed by atoms with Gasteiger partial charge in [-0.1, -0.05) is 76.1 Å². The number of allylic oxidation sites excluding steroid dienone is 1. The summed E-state index contributed by atoms with van der Waals surface area (Å²) in [6, 6.07) is 0. The Balaban J connectivity index is 3.78. The molecular weight excluding hydrogens is 235 g/mol. The van der Waals surface area contributed by atoms with Gasteiger partial charge in [0.05, 0.1) is 0 Å². The van der Waals surface area contributed by atoms with Crippen LogP contribution in [0.5, 0.6) is 0 Å². The fourth-order valence-electron chi connectivity index (χ4n) is 2.07. The molecule has 18 heavy (non-hydrogen) atoms. The molecule has 0 heterocycles. The van der Waals surface area contributed by atoms with Crippen LogP contribution in [0, 0.1) is 17.8 Å². The van der Waals surface area contributed by atoms with E-state index in [1.54, 1.807) is 0 Å². The van der Waals surface area contributed by atoms with Crippen molar-refractivity contribution >= 4 is 14.5 Å². The van der Waals surface area contributed by atoms with Crippen LogP contribution in [0.25, 0.3) is 0 Å². The topological polar surface area (TPSA) is 9.23 Å². The zero-order valence-electron chi connectivity index (χ0n) is 13.4. The van der Waals surface area contributed by atoms with Crippen molar-refractivity contribution in [1.82, 2.24) is 0 Å². The van der Waals surface area contributed by atoms with E-state index < -0.39 is 14.5 Å². The number of hydrogen-bond acceptors (Lipinski definition) is 1. The van der Waals surface area contributed by atoms with Gasteiger partial charge in [0, 0.05) is 6.61 Å². The molecule has 0 rings (SSSR count). The number of hydrogen-bond donors (Lipinski definition) is 0. The lowest BCUT2D eigenvalue weighted by Crippen LogP contribution is -2.22. The van der Waals surface area contributed by atoms with Crippen molar-refractivity contribution in [1.29, 1.82) is 0 Å². The standard InChI is InChI=1S/C8H15O.2C4H9.Al/c1-8(2)6-4-3-5-7-9;2*1-4(2)3;/h3-4,8H,5-7H2,1-2H3;2*4H,1H2,2-3H3;/q-1;;;+1/b4-3-;;;. The highest BCUT2D eigenvalue weighted by atomic mass is 27.2. The molecule has 0 aromatic rings. The van der Waals surface area contributed by atoms with Gasteiger partial charge in [-0.15, -0.1) is 0 Å². The van der Waals surface area contributed by atoms with Gasteiger partial charge < -0.3 is 3.79 Å². The van der Waals surface area contributed by atoms with Gasteiger partial charge in [0.25, 0.3) is 0 Å². The summed E-state index contributed by atoms with van der Waals surface area (Å²) in [4.78, 5) is 0. The van der Waals surface area contributed by atoms with Gasteiger partial charge in [0.2, 0.25) is 0 Å². The third-order valence-corrected chi connectivity index (χ3v) is 6.53. The van der Waals surface area contributed by atoms with Crippen molar-refractivity contribution in [3.63, 3.8) is 0 Å². The van der Waals surface area contributed by atoms with Gasteiger partial charge in [-0.2, -0.15) is 0 Å². The smallest absolute Gasteiger partial charge is 0.461 e. The van der Waals surface area contributed by atoms with Gasteiger partial charge in [-0.05, 0) is 18.8 Å². The van der Waals surface area contributed by atoms with E-state index in [0.29, 0.717) is 0 Å². The first-order valence-corrected chi connectivity index (χ1v) is 9.78. The molecule has 0 amide bonds. The Morgan fingerprint density at radius 2 is 1.39 bits per heavy atom. The minimum atomic E-state index is -0.955. The van der Waals surface area contributed by atoms with E-state index in [4.69, 9.17) is 3.79 Å². The van der Waals surface area contributed by atoms with E-state index in [1.165, 1.54) is 17.0 Å². The van der Waals surface area contributed by atoms with E-state index in [-0.39, 0.29) is 0 Å². The normalized spacial score (nSPS) is 12.3. The summed E-state index contributed by atoms with van der Waals surface area (Å²) < 4.78 is 6.16. The molecule has 0 fully saturated rings. The quantitative estimate of drug-likeness (QED) is 0.297. The Hall–Kier alpha value is 0.232. The zero-order valence-corrected chi connectivity index (χ0v) is 14.6. The zero-order chi connectivity index (χ0) is 14.0. The van der Waals surface area contributed by atoms with E-state index in [1.807, 2.05) is 0 Å². The summed E-state index contributed by atoms with van der Waals surface area (Å²) in [5.74, 6) is 2.35. The minimum absolute atomic E-state index is 0.770. The Morgan fingerprint density at radius 1 is 0.833 bits per heavy atom. The summed E-state index contributed by atoms with van der Waals surface area (Å²) >= 11 is -0.955. The SMILES string of the molecule is CC(C)C/C=C\CC[O][Al]([CH2]C(C)C)[CH2]C(C)C. The van der Waals surface area contributed by atoms with Crippen LogP contribution in [0.4, 0.5) is 0 Å². The molecule has 0 unspecified atom stereocenters. The van der Waals surface area contributed by atoms with Crippen molar-refractivity contribution in [2.75, 3.05) is 6.61 Å². The monoisotopic (exact) mass is 268 g/mol. The Labute approximate surface area is 120 Å². The van der Waals surface area contributed by atoms with Crippen molar-refractivity contribution in [2.45, 2.75) is 64.9 Å². The van der Waals surface area contributed by atoms with Crippen molar-refractivity contribution in [2.24, 2.45) is 17.8 Å². The molecule has 0 bridgehead atoms. The molecular formula is C16H33AlO. The molecule has 0 aliphatic carbocycles. The van der Waals surface area contributed by atoms with Crippen LogP contribution < -0.4 is 0 Å². The molecule has 0 saturated carbocycles. The van der Waals surface area contributed by atoms with Crippen LogP contribution in [-0.2, 0) is 3.79 Å². The lowest BCUT2D eigenvalue weighted by molar-refractivity contribution is 0.317. The highest BCUT2D eigenvalue weighted by Gasteiger charge is 2.22. The molecule has 0 aromatic carbocycles. The van der Waals surface area contributed by atoms with Crippen LogP contribution in [0.3, 0.4) is 0 Å². The Kier molecular flexibility index (Phi) is 11.2. The molecule has 106 valence electrons. The van der Waals surface area contributed by atoms with Crippen LogP contribution in [-0.4, -0.2) is 21.1 Å². The summed E-state index contributed by atoms with van der Waals surface area (Å²) in [5, 5.41) is 2.65. The first-order chi connectivity index (χ1) is 8.41. The second-order valence-corrected chi connectivity index (χ2v) is 9.16. The fourth-order valence-corrected chi connectivity index (χ4v) is 5.11. The third kappa shape index (κ3) is 12.7. The molecule has 0 aliphatic rings. The first-order valence-electron chi connectivity index (χ1n) is 7.68. The van der Waals surface area contributed by atoms with Crippen molar-refractivity contribution in [3.8, 4) is 0 Å². The first kappa shape index (κ1) is 18.2. The lowest BCUT2D eigenvalue weighted by Gasteiger charge is -2.16. The maximum Gasteiger partial charge on any atom is 0.461 e. The Bertz CT molecular complexity index is 199. The van der Waals surface area contributed by atoms with Crippen LogP contribution in [0.15, 0.2) is 12.2 Å². The second-order valence-electron chi connectivity index (χ2n) is 6.64. The summed E-state index contributed by atoms with van der Waals surface area (Å²) in [7, 11) is 0. The van der Waals surface area contributed by atoms with E-state index in [0.717, 1.165) is 30.8 Å². The van der Waals surface area contributed by atoms with Gasteiger partial charge >= 0.3 is 14.5 Å². The molecule has 0 spiro atoms. The van der Waals surface area contributed by atoms with E-state index >= 15 is 0 Å². The van der Waals surface area contributed by atoms with Crippen LogP contribution in [0.1, 0.15) is 54.4 Å². The average molecular weight is 268 g/mol. The highest BCUT2D eigenvalue weighted by Crippen LogP contribution is 2.15. The predicted octanol–water partition coefficient (Wildman–Crippen LogP) is 5.30. The molecule has 1 nitrogen and oxygen atoms in total. The molecule has 0 radical (unpaired) electrons. The summed E-state index contributed by atoms with van der Waals surface area (Å²) in [6.45, 7) is 14.7. The predicted molar refractivity (Wildman–Crippen MR) is 84.2 cm³/mol. The van der Waals surface area contributed by atoms with Crippen molar-refractivity contribution < 1.29 is 3.79 Å². The van der Waals surface area contributed by atoms with Gasteiger partial charge in [-0.3, -0.25) is 0 Å². The van der Waals surface area contributed by atoms with Gasteiger partial charge in [-0.25, -0.2) is 0 Å². The highest BCUT2D eigenvalue weighted by molar-refractivity contribution is 6.51.